The average Bonchev–Trinajstić information content (AvgIpc) is 2.75. The largest absolute Gasteiger partial charge is 0.378 e. The van der Waals surface area contributed by atoms with Crippen molar-refractivity contribution >= 4 is 34.2 Å². The Hall–Kier alpha value is -1.03. The Morgan fingerprint density at radius 2 is 1.94 bits per heavy atom. The van der Waals surface area contributed by atoms with Crippen LogP contribution in [0.1, 0.15) is 22.6 Å². The SMILES string of the molecule is CN1Cc2c(Cl)cc(Cl)cc2[C@H](c2cccc(S(=O)NCCOCCOCCN)c2)C1. The smallest absolute Gasteiger partial charge is 0.124 e. The van der Waals surface area contributed by atoms with Gasteiger partial charge < -0.3 is 20.1 Å². The molecule has 0 spiro atoms. The zero-order chi connectivity index (χ0) is 22.2. The first-order chi connectivity index (χ1) is 15.0. The van der Waals surface area contributed by atoms with Crippen molar-refractivity contribution in [2.75, 3.05) is 53.1 Å². The molecule has 0 aromatic heterocycles. The molecule has 31 heavy (non-hydrogen) atoms. The van der Waals surface area contributed by atoms with Crippen molar-refractivity contribution in [1.29, 1.82) is 0 Å². The van der Waals surface area contributed by atoms with E-state index in [0.29, 0.717) is 49.6 Å². The van der Waals surface area contributed by atoms with Crippen LogP contribution in [-0.4, -0.2) is 62.2 Å². The average molecular weight is 486 g/mol. The molecule has 2 aromatic rings. The molecule has 0 radical (unpaired) electrons. The Kier molecular flexibility index (Phi) is 9.74. The van der Waals surface area contributed by atoms with Crippen LogP contribution < -0.4 is 10.5 Å². The number of rotatable bonds is 11. The van der Waals surface area contributed by atoms with Gasteiger partial charge in [-0.3, -0.25) is 0 Å². The minimum absolute atomic E-state index is 0.110. The van der Waals surface area contributed by atoms with Gasteiger partial charge in [0, 0.05) is 42.1 Å². The number of nitrogens with zero attached hydrogens (tertiary/aromatic N) is 1. The maximum absolute atomic E-state index is 12.7. The van der Waals surface area contributed by atoms with E-state index in [9.17, 15) is 4.21 Å². The number of nitrogens with one attached hydrogen (secondary N) is 1. The second kappa shape index (κ2) is 12.3. The molecule has 1 aliphatic rings. The third-order valence-corrected chi connectivity index (χ3v) is 6.78. The molecular weight excluding hydrogens is 457 g/mol. The van der Waals surface area contributed by atoms with Crippen molar-refractivity contribution in [3.8, 4) is 0 Å². The molecule has 0 bridgehead atoms. The van der Waals surface area contributed by atoms with Crippen molar-refractivity contribution < 1.29 is 13.7 Å². The fourth-order valence-corrected chi connectivity index (χ4v) is 5.12. The summed E-state index contributed by atoms with van der Waals surface area (Å²) < 4.78 is 26.4. The van der Waals surface area contributed by atoms with Crippen LogP contribution in [0.2, 0.25) is 10.0 Å². The normalized spacial score (nSPS) is 17.5. The third kappa shape index (κ3) is 6.97. The fraction of sp³-hybridized carbons (Fsp3) is 0.455. The molecule has 1 heterocycles. The van der Waals surface area contributed by atoms with E-state index in [1.54, 1.807) is 6.07 Å². The van der Waals surface area contributed by atoms with Crippen LogP contribution in [0.5, 0.6) is 0 Å². The van der Waals surface area contributed by atoms with Gasteiger partial charge in [0.15, 0.2) is 0 Å². The van der Waals surface area contributed by atoms with Gasteiger partial charge in [0.25, 0.3) is 0 Å². The number of fused-ring (bicyclic) bond motifs is 1. The molecule has 0 amide bonds. The molecule has 6 nitrogen and oxygen atoms in total. The molecule has 0 saturated carbocycles. The standard InChI is InChI=1S/C22H29Cl2N3O3S/c1-27-14-20(19-12-17(23)13-22(24)21(19)15-27)16-3-2-4-18(11-16)31(28)26-6-8-30-10-9-29-7-5-25/h2-4,11-13,20,26H,5-10,14-15,25H2,1H3/t20-,31?/m0/s1. The molecule has 0 aliphatic carbocycles. The van der Waals surface area contributed by atoms with E-state index in [4.69, 9.17) is 38.4 Å². The molecule has 9 heteroatoms. The second-order valence-corrected chi connectivity index (χ2v) is 9.59. The summed E-state index contributed by atoms with van der Waals surface area (Å²) >= 11 is 12.8. The van der Waals surface area contributed by atoms with Crippen LogP contribution >= 0.6 is 23.2 Å². The number of likely N-dealkylation sites (N-methyl/N-ethyl adjacent to an activating group) is 1. The fourth-order valence-electron chi connectivity index (χ4n) is 3.67. The van der Waals surface area contributed by atoms with Gasteiger partial charge in [0.2, 0.25) is 0 Å². The van der Waals surface area contributed by atoms with Crippen LogP contribution in [0.4, 0.5) is 0 Å². The highest BCUT2D eigenvalue weighted by Crippen LogP contribution is 2.38. The first-order valence-corrected chi connectivity index (χ1v) is 12.2. The highest BCUT2D eigenvalue weighted by atomic mass is 35.5. The Morgan fingerprint density at radius 3 is 2.71 bits per heavy atom. The summed E-state index contributed by atoms with van der Waals surface area (Å²) in [7, 11) is 0.748. The molecule has 1 aliphatic heterocycles. The van der Waals surface area contributed by atoms with Gasteiger partial charge in [-0.05, 0) is 48.0 Å². The molecule has 170 valence electrons. The number of hydrogen-bond donors (Lipinski definition) is 2. The third-order valence-electron chi connectivity index (χ3n) is 5.08. The highest BCUT2D eigenvalue weighted by molar-refractivity contribution is 7.83. The van der Waals surface area contributed by atoms with E-state index in [2.05, 4.69) is 22.7 Å². The summed E-state index contributed by atoms with van der Waals surface area (Å²) in [5, 5.41) is 1.32. The lowest BCUT2D eigenvalue weighted by Gasteiger charge is -2.33. The number of halogens is 2. The Balaban J connectivity index is 1.62. The Labute approximate surface area is 196 Å². The van der Waals surface area contributed by atoms with Gasteiger partial charge in [-0.25, -0.2) is 8.93 Å². The first kappa shape index (κ1) is 24.6. The maximum Gasteiger partial charge on any atom is 0.124 e. The molecule has 2 atom stereocenters. The zero-order valence-corrected chi connectivity index (χ0v) is 19.9. The minimum atomic E-state index is -1.33. The summed E-state index contributed by atoms with van der Waals surface area (Å²) in [6.07, 6.45) is 0. The van der Waals surface area contributed by atoms with Crippen LogP contribution in [-0.2, 0) is 27.0 Å². The van der Waals surface area contributed by atoms with Gasteiger partial charge in [-0.1, -0.05) is 35.3 Å². The molecule has 0 saturated heterocycles. The lowest BCUT2D eigenvalue weighted by atomic mass is 9.85. The Morgan fingerprint density at radius 1 is 1.16 bits per heavy atom. The minimum Gasteiger partial charge on any atom is -0.378 e. The van der Waals surface area contributed by atoms with Gasteiger partial charge >= 0.3 is 0 Å². The monoisotopic (exact) mass is 485 g/mol. The van der Waals surface area contributed by atoms with Crippen LogP contribution in [0, 0.1) is 0 Å². The van der Waals surface area contributed by atoms with E-state index in [-0.39, 0.29) is 5.92 Å². The van der Waals surface area contributed by atoms with Gasteiger partial charge in [-0.15, -0.1) is 0 Å². The molecule has 0 fully saturated rings. The summed E-state index contributed by atoms with van der Waals surface area (Å²) in [6, 6.07) is 11.7. The van der Waals surface area contributed by atoms with Crippen molar-refractivity contribution in [1.82, 2.24) is 9.62 Å². The topological polar surface area (TPSA) is 76.8 Å². The van der Waals surface area contributed by atoms with Crippen LogP contribution in [0.25, 0.3) is 0 Å². The summed E-state index contributed by atoms with van der Waals surface area (Å²) in [4.78, 5) is 2.97. The van der Waals surface area contributed by atoms with Crippen LogP contribution in [0.15, 0.2) is 41.3 Å². The summed E-state index contributed by atoms with van der Waals surface area (Å²) in [6.45, 7) is 4.59. The predicted octanol–water partition coefficient (Wildman–Crippen LogP) is 3.17. The molecule has 3 rings (SSSR count). The van der Waals surface area contributed by atoms with Gasteiger partial charge in [0.1, 0.15) is 11.0 Å². The lowest BCUT2D eigenvalue weighted by molar-refractivity contribution is 0.0531. The van der Waals surface area contributed by atoms with E-state index in [1.165, 1.54) is 0 Å². The molecule has 2 aromatic carbocycles. The van der Waals surface area contributed by atoms with E-state index >= 15 is 0 Å². The number of ether oxygens (including phenoxy) is 2. The van der Waals surface area contributed by atoms with E-state index in [1.807, 2.05) is 24.3 Å². The van der Waals surface area contributed by atoms with Crippen molar-refractivity contribution in [2.45, 2.75) is 17.4 Å². The van der Waals surface area contributed by atoms with Crippen LogP contribution in [0.3, 0.4) is 0 Å². The molecule has 1 unspecified atom stereocenters. The highest BCUT2D eigenvalue weighted by Gasteiger charge is 2.27. The predicted molar refractivity (Wildman–Crippen MR) is 126 cm³/mol. The Bertz CT molecular complexity index is 900. The zero-order valence-electron chi connectivity index (χ0n) is 17.6. The van der Waals surface area contributed by atoms with E-state index in [0.717, 1.165) is 34.7 Å². The second-order valence-electron chi connectivity index (χ2n) is 7.45. The van der Waals surface area contributed by atoms with Crippen molar-refractivity contribution in [3.63, 3.8) is 0 Å². The molecule has 3 N–H and O–H groups in total. The quantitative estimate of drug-likeness (QED) is 0.478. The van der Waals surface area contributed by atoms with Crippen molar-refractivity contribution in [3.05, 3.63) is 63.1 Å². The van der Waals surface area contributed by atoms with Crippen molar-refractivity contribution in [2.24, 2.45) is 5.73 Å². The molecular formula is C22H29Cl2N3O3S. The lowest BCUT2D eigenvalue weighted by Crippen LogP contribution is -2.31. The van der Waals surface area contributed by atoms with Gasteiger partial charge in [0.05, 0.1) is 31.3 Å². The summed E-state index contributed by atoms with van der Waals surface area (Å²) in [5.74, 6) is 0.110. The summed E-state index contributed by atoms with van der Waals surface area (Å²) in [5.41, 5.74) is 8.68. The first-order valence-electron chi connectivity index (χ1n) is 10.3. The number of benzene rings is 2. The van der Waals surface area contributed by atoms with Gasteiger partial charge in [-0.2, -0.15) is 0 Å². The number of nitrogens with two attached hydrogens (primary N) is 1. The van der Waals surface area contributed by atoms with E-state index < -0.39 is 11.0 Å². The number of hydrogen-bond acceptors (Lipinski definition) is 5. The maximum atomic E-state index is 12.7.